The average Bonchev–Trinajstić information content (AvgIpc) is 2.87. The van der Waals surface area contributed by atoms with E-state index in [4.69, 9.17) is 5.73 Å². The summed E-state index contributed by atoms with van der Waals surface area (Å²) in [5, 5.41) is 1.02. The Hall–Kier alpha value is -1.37. The van der Waals surface area contributed by atoms with Crippen molar-refractivity contribution >= 4 is 55.0 Å². The number of nitrogens with zero attached hydrogens (tertiary/aromatic N) is 1. The number of hydrogen-bond donors (Lipinski definition) is 1. The first kappa shape index (κ1) is 13.6. The molecule has 2 heterocycles. The van der Waals surface area contributed by atoms with Crippen molar-refractivity contribution in [2.45, 2.75) is 9.79 Å². The number of pyridine rings is 1. The van der Waals surface area contributed by atoms with Gasteiger partial charge in [-0.3, -0.25) is 9.78 Å². The van der Waals surface area contributed by atoms with Gasteiger partial charge in [0, 0.05) is 32.0 Å². The molecule has 0 aliphatic heterocycles. The summed E-state index contributed by atoms with van der Waals surface area (Å²) in [5.74, 6) is -0.397. The number of nitrogens with two attached hydrogens (primary N) is 1. The van der Waals surface area contributed by atoms with Crippen molar-refractivity contribution in [1.82, 2.24) is 4.98 Å². The molecule has 2 N–H and O–H groups in total. The fourth-order valence-electron chi connectivity index (χ4n) is 1.77. The van der Waals surface area contributed by atoms with Gasteiger partial charge in [0.1, 0.15) is 0 Å². The molecule has 0 radical (unpaired) electrons. The van der Waals surface area contributed by atoms with Gasteiger partial charge in [-0.1, -0.05) is 27.7 Å². The highest BCUT2D eigenvalue weighted by molar-refractivity contribution is 9.10. The van der Waals surface area contributed by atoms with Crippen LogP contribution in [0.1, 0.15) is 9.67 Å². The van der Waals surface area contributed by atoms with Gasteiger partial charge in [0.15, 0.2) is 0 Å². The van der Waals surface area contributed by atoms with Crippen molar-refractivity contribution in [2.24, 2.45) is 5.73 Å². The third-order valence-electron chi connectivity index (χ3n) is 2.69. The summed E-state index contributed by atoms with van der Waals surface area (Å²) in [6, 6.07) is 9.91. The first-order chi connectivity index (χ1) is 9.63. The SMILES string of the molecule is NC(=O)c1cc2c(Sc3ccc(Br)cc3)cncc2s1. The van der Waals surface area contributed by atoms with Gasteiger partial charge < -0.3 is 5.73 Å². The zero-order chi connectivity index (χ0) is 14.1. The normalized spacial score (nSPS) is 10.8. The number of benzene rings is 1. The first-order valence-electron chi connectivity index (χ1n) is 5.74. The van der Waals surface area contributed by atoms with Crippen molar-refractivity contribution in [2.75, 3.05) is 0 Å². The molecule has 100 valence electrons. The van der Waals surface area contributed by atoms with Crippen molar-refractivity contribution in [3.05, 3.63) is 52.1 Å². The Morgan fingerprint density at radius 3 is 2.70 bits per heavy atom. The maximum atomic E-state index is 11.3. The Bertz CT molecular complexity index is 783. The highest BCUT2D eigenvalue weighted by Crippen LogP contribution is 2.36. The van der Waals surface area contributed by atoms with Crippen LogP contribution < -0.4 is 5.73 Å². The molecule has 0 aliphatic rings. The molecule has 1 aromatic carbocycles. The second-order valence-electron chi connectivity index (χ2n) is 4.08. The molecule has 0 unspecified atom stereocenters. The topological polar surface area (TPSA) is 56.0 Å². The minimum atomic E-state index is -0.397. The van der Waals surface area contributed by atoms with Crippen LogP contribution in [0.25, 0.3) is 10.1 Å². The lowest BCUT2D eigenvalue weighted by Gasteiger charge is -2.02. The summed E-state index contributed by atoms with van der Waals surface area (Å²) in [6.07, 6.45) is 3.57. The van der Waals surface area contributed by atoms with Gasteiger partial charge in [0.2, 0.25) is 0 Å². The Morgan fingerprint density at radius 2 is 2.00 bits per heavy atom. The number of thiophene rings is 1. The quantitative estimate of drug-likeness (QED) is 0.753. The fraction of sp³-hybridized carbons (Fsp3) is 0. The van der Waals surface area contributed by atoms with Crippen LogP contribution in [0.4, 0.5) is 0 Å². The van der Waals surface area contributed by atoms with E-state index in [1.54, 1.807) is 18.0 Å². The lowest BCUT2D eigenvalue weighted by Crippen LogP contribution is -2.08. The fourth-order valence-corrected chi connectivity index (χ4v) is 3.92. The van der Waals surface area contributed by atoms with Gasteiger partial charge in [-0.25, -0.2) is 0 Å². The van der Waals surface area contributed by atoms with Crippen LogP contribution in [0, 0.1) is 0 Å². The molecular weight excluding hydrogens is 356 g/mol. The van der Waals surface area contributed by atoms with Gasteiger partial charge in [-0.15, -0.1) is 11.3 Å². The summed E-state index contributed by atoms with van der Waals surface area (Å²) in [7, 11) is 0. The van der Waals surface area contributed by atoms with E-state index in [0.29, 0.717) is 4.88 Å². The lowest BCUT2D eigenvalue weighted by molar-refractivity contribution is 0.100. The van der Waals surface area contributed by atoms with Gasteiger partial charge in [-0.05, 0) is 30.3 Å². The van der Waals surface area contributed by atoms with Gasteiger partial charge in [0.25, 0.3) is 5.91 Å². The summed E-state index contributed by atoms with van der Waals surface area (Å²) < 4.78 is 2.02. The van der Waals surface area contributed by atoms with Gasteiger partial charge >= 0.3 is 0 Å². The number of hydrogen-bond acceptors (Lipinski definition) is 4. The maximum Gasteiger partial charge on any atom is 0.258 e. The molecule has 0 atom stereocenters. The molecule has 0 saturated heterocycles. The van der Waals surface area contributed by atoms with E-state index in [9.17, 15) is 4.79 Å². The van der Waals surface area contributed by atoms with Crippen molar-refractivity contribution in [3.8, 4) is 0 Å². The molecular formula is C14H9BrN2OS2. The van der Waals surface area contributed by atoms with Crippen molar-refractivity contribution < 1.29 is 4.79 Å². The predicted octanol–water partition coefficient (Wildman–Crippen LogP) is 4.31. The van der Waals surface area contributed by atoms with Crippen molar-refractivity contribution in [3.63, 3.8) is 0 Å². The third-order valence-corrected chi connectivity index (χ3v) is 5.36. The average molecular weight is 365 g/mol. The molecule has 3 aromatic rings. The number of amides is 1. The number of fused-ring (bicyclic) bond motifs is 1. The van der Waals surface area contributed by atoms with Gasteiger partial charge in [0.05, 0.1) is 9.58 Å². The molecule has 6 heteroatoms. The van der Waals surface area contributed by atoms with Crippen LogP contribution in [0.3, 0.4) is 0 Å². The van der Waals surface area contributed by atoms with Crippen LogP contribution in [0.5, 0.6) is 0 Å². The number of halogens is 1. The number of primary amides is 1. The first-order valence-corrected chi connectivity index (χ1v) is 8.17. The highest BCUT2D eigenvalue weighted by Gasteiger charge is 2.11. The Balaban J connectivity index is 2.02. The summed E-state index contributed by atoms with van der Waals surface area (Å²) in [6.45, 7) is 0. The second-order valence-corrected chi connectivity index (χ2v) is 7.20. The Labute approximate surface area is 132 Å². The van der Waals surface area contributed by atoms with Crippen LogP contribution in [-0.4, -0.2) is 10.9 Å². The van der Waals surface area contributed by atoms with E-state index in [1.165, 1.54) is 11.3 Å². The summed E-state index contributed by atoms with van der Waals surface area (Å²) in [5.41, 5.74) is 5.34. The van der Waals surface area contributed by atoms with Crippen LogP contribution in [0.15, 0.2) is 57.0 Å². The molecule has 1 amide bonds. The zero-order valence-electron chi connectivity index (χ0n) is 10.2. The third kappa shape index (κ3) is 2.72. The highest BCUT2D eigenvalue weighted by atomic mass is 79.9. The molecule has 0 aliphatic carbocycles. The molecule has 0 fully saturated rings. The van der Waals surface area contributed by atoms with Crippen molar-refractivity contribution in [1.29, 1.82) is 0 Å². The van der Waals surface area contributed by atoms with Crippen LogP contribution in [-0.2, 0) is 0 Å². The zero-order valence-corrected chi connectivity index (χ0v) is 13.4. The molecule has 0 bridgehead atoms. The Morgan fingerprint density at radius 1 is 1.25 bits per heavy atom. The number of carbonyl (C=O) groups is 1. The molecule has 2 aromatic heterocycles. The molecule has 3 nitrogen and oxygen atoms in total. The van der Waals surface area contributed by atoms with Crippen LogP contribution >= 0.6 is 39.0 Å². The standard InChI is InChI=1S/C14H9BrN2OS2/c15-8-1-3-9(4-2-8)19-12-6-17-7-13-10(12)5-11(20-13)14(16)18/h1-7H,(H2,16,18). The molecule has 3 rings (SSSR count). The van der Waals surface area contributed by atoms with E-state index in [-0.39, 0.29) is 0 Å². The predicted molar refractivity (Wildman–Crippen MR) is 86.4 cm³/mol. The van der Waals surface area contributed by atoms with E-state index in [1.807, 2.05) is 36.5 Å². The maximum absolute atomic E-state index is 11.3. The minimum absolute atomic E-state index is 0.397. The number of carbonyl (C=O) groups excluding carboxylic acids is 1. The van der Waals surface area contributed by atoms with E-state index in [0.717, 1.165) is 24.3 Å². The lowest BCUT2D eigenvalue weighted by atomic mass is 10.3. The molecule has 0 spiro atoms. The van der Waals surface area contributed by atoms with Gasteiger partial charge in [-0.2, -0.15) is 0 Å². The second kappa shape index (κ2) is 5.55. The van der Waals surface area contributed by atoms with E-state index < -0.39 is 5.91 Å². The van der Waals surface area contributed by atoms with Crippen LogP contribution in [0.2, 0.25) is 0 Å². The monoisotopic (exact) mass is 364 g/mol. The smallest absolute Gasteiger partial charge is 0.258 e. The summed E-state index contributed by atoms with van der Waals surface area (Å²) in [4.78, 5) is 18.2. The van der Waals surface area contributed by atoms with E-state index >= 15 is 0 Å². The largest absolute Gasteiger partial charge is 0.365 e. The molecule has 0 saturated carbocycles. The molecule has 20 heavy (non-hydrogen) atoms. The Kier molecular flexibility index (Phi) is 3.78. The minimum Gasteiger partial charge on any atom is -0.365 e. The van der Waals surface area contributed by atoms with E-state index in [2.05, 4.69) is 20.9 Å². The number of aromatic nitrogens is 1. The number of rotatable bonds is 3. The summed E-state index contributed by atoms with van der Waals surface area (Å²) >= 11 is 6.42.